The Bertz CT molecular complexity index is 728. The lowest BCUT2D eigenvalue weighted by Gasteiger charge is -2.24. The van der Waals surface area contributed by atoms with Gasteiger partial charge in [-0.1, -0.05) is 12.1 Å². The quantitative estimate of drug-likeness (QED) is 0.787. The molecule has 0 saturated carbocycles. The van der Waals surface area contributed by atoms with Gasteiger partial charge in [0.15, 0.2) is 0 Å². The number of nitrogens with zero attached hydrogens (tertiary/aromatic N) is 3. The van der Waals surface area contributed by atoms with E-state index in [0.29, 0.717) is 12.1 Å². The molecule has 1 saturated heterocycles. The van der Waals surface area contributed by atoms with E-state index >= 15 is 0 Å². The van der Waals surface area contributed by atoms with Gasteiger partial charge in [0.2, 0.25) is 5.91 Å². The first-order chi connectivity index (χ1) is 11.8. The molecule has 0 aliphatic carbocycles. The molecule has 1 aliphatic heterocycles. The van der Waals surface area contributed by atoms with Gasteiger partial charge in [0, 0.05) is 13.1 Å². The van der Waals surface area contributed by atoms with E-state index in [2.05, 4.69) is 5.32 Å². The number of halogens is 1. The lowest BCUT2D eigenvalue weighted by atomic mass is 9.92. The molecule has 1 heterocycles. The maximum Gasteiger partial charge on any atom is 0.325 e. The van der Waals surface area contributed by atoms with E-state index in [4.69, 9.17) is 5.26 Å². The van der Waals surface area contributed by atoms with Crippen LogP contribution in [0.25, 0.3) is 0 Å². The predicted octanol–water partition coefficient (Wildman–Crippen LogP) is 1.35. The number of benzene rings is 1. The van der Waals surface area contributed by atoms with Crippen LogP contribution in [0.3, 0.4) is 0 Å². The summed E-state index contributed by atoms with van der Waals surface area (Å²) in [6.45, 7) is 3.48. The summed E-state index contributed by atoms with van der Waals surface area (Å²) in [4.78, 5) is 39.5. The number of nitrogens with one attached hydrogen (secondary N) is 1. The molecular weight excluding hydrogens is 327 g/mol. The minimum absolute atomic E-state index is 0.174. The molecule has 1 unspecified atom stereocenters. The molecule has 1 N–H and O–H groups in total. The standard InChI is InChI=1S/C17H19FN4O3/c1-3-21(10-4-9-19)14(23)11-22-15(24)17(2,20-16(22)25)12-5-7-13(18)8-6-12/h5-8H,3-4,10-11H2,1-2H3,(H,20,25). The summed E-state index contributed by atoms with van der Waals surface area (Å²) in [5.41, 5.74) is -0.923. The summed E-state index contributed by atoms with van der Waals surface area (Å²) >= 11 is 0. The fourth-order valence-corrected chi connectivity index (χ4v) is 2.70. The van der Waals surface area contributed by atoms with Crippen LogP contribution in [0.5, 0.6) is 0 Å². The number of likely N-dealkylation sites (N-methyl/N-ethyl adjacent to an activating group) is 1. The van der Waals surface area contributed by atoms with E-state index in [1.54, 1.807) is 6.92 Å². The highest BCUT2D eigenvalue weighted by atomic mass is 19.1. The topological polar surface area (TPSA) is 93.5 Å². The number of hydrogen-bond acceptors (Lipinski definition) is 4. The van der Waals surface area contributed by atoms with Gasteiger partial charge < -0.3 is 10.2 Å². The summed E-state index contributed by atoms with van der Waals surface area (Å²) in [6.07, 6.45) is 0.174. The second-order valence-corrected chi connectivity index (χ2v) is 5.83. The summed E-state index contributed by atoms with van der Waals surface area (Å²) in [5.74, 6) is -1.44. The zero-order valence-corrected chi connectivity index (χ0v) is 14.1. The zero-order chi connectivity index (χ0) is 18.6. The normalized spacial score (nSPS) is 19.5. The molecule has 7 nitrogen and oxygen atoms in total. The maximum absolute atomic E-state index is 13.1. The maximum atomic E-state index is 13.1. The van der Waals surface area contributed by atoms with Gasteiger partial charge >= 0.3 is 6.03 Å². The first-order valence-corrected chi connectivity index (χ1v) is 7.88. The number of hydrogen-bond donors (Lipinski definition) is 1. The number of urea groups is 1. The van der Waals surface area contributed by atoms with Crippen molar-refractivity contribution < 1.29 is 18.8 Å². The molecule has 1 aliphatic rings. The molecule has 4 amide bonds. The number of amides is 4. The third kappa shape index (κ3) is 3.60. The Morgan fingerprint density at radius 3 is 2.56 bits per heavy atom. The zero-order valence-electron chi connectivity index (χ0n) is 14.1. The smallest absolute Gasteiger partial charge is 0.325 e. The van der Waals surface area contributed by atoms with Gasteiger partial charge in [-0.05, 0) is 31.5 Å². The number of carbonyl (C=O) groups excluding carboxylic acids is 3. The van der Waals surface area contributed by atoms with Crippen LogP contribution in [0, 0.1) is 17.1 Å². The van der Waals surface area contributed by atoms with Crippen molar-refractivity contribution in [1.29, 1.82) is 5.26 Å². The van der Waals surface area contributed by atoms with Crippen molar-refractivity contribution in [2.45, 2.75) is 25.8 Å². The van der Waals surface area contributed by atoms with Crippen molar-refractivity contribution in [3.05, 3.63) is 35.6 Å². The number of nitriles is 1. The van der Waals surface area contributed by atoms with Crippen LogP contribution < -0.4 is 5.32 Å². The van der Waals surface area contributed by atoms with Gasteiger partial charge in [-0.25, -0.2) is 9.18 Å². The third-order valence-electron chi connectivity index (χ3n) is 4.22. The predicted molar refractivity (Wildman–Crippen MR) is 86.5 cm³/mol. The first kappa shape index (κ1) is 18.4. The molecule has 25 heavy (non-hydrogen) atoms. The Kier molecular flexibility index (Phi) is 5.37. The highest BCUT2D eigenvalue weighted by Crippen LogP contribution is 2.28. The van der Waals surface area contributed by atoms with Crippen molar-refractivity contribution in [2.24, 2.45) is 0 Å². The molecule has 132 valence electrons. The Balaban J connectivity index is 2.17. The highest BCUT2D eigenvalue weighted by molar-refractivity contribution is 6.09. The van der Waals surface area contributed by atoms with E-state index in [0.717, 1.165) is 4.90 Å². The first-order valence-electron chi connectivity index (χ1n) is 7.88. The summed E-state index contributed by atoms with van der Waals surface area (Å²) < 4.78 is 13.1. The van der Waals surface area contributed by atoms with Crippen LogP contribution in [-0.4, -0.2) is 47.3 Å². The number of imide groups is 1. The minimum atomic E-state index is -1.35. The molecule has 0 spiro atoms. The Hall–Kier alpha value is -2.95. The Labute approximate surface area is 145 Å². The van der Waals surface area contributed by atoms with Gasteiger partial charge in [0.25, 0.3) is 5.91 Å². The second-order valence-electron chi connectivity index (χ2n) is 5.83. The fraction of sp³-hybridized carbons (Fsp3) is 0.412. The lowest BCUT2D eigenvalue weighted by Crippen LogP contribution is -2.44. The van der Waals surface area contributed by atoms with E-state index in [9.17, 15) is 18.8 Å². The highest BCUT2D eigenvalue weighted by Gasteiger charge is 2.49. The summed E-state index contributed by atoms with van der Waals surface area (Å²) in [7, 11) is 0. The van der Waals surface area contributed by atoms with Gasteiger partial charge in [-0.2, -0.15) is 5.26 Å². The molecule has 0 bridgehead atoms. The molecule has 1 fully saturated rings. The summed E-state index contributed by atoms with van der Waals surface area (Å²) in [5, 5.41) is 11.2. The van der Waals surface area contributed by atoms with Crippen LogP contribution in [0.1, 0.15) is 25.8 Å². The van der Waals surface area contributed by atoms with Crippen LogP contribution in [-0.2, 0) is 15.1 Å². The van der Waals surface area contributed by atoms with Gasteiger partial charge in [-0.15, -0.1) is 0 Å². The van der Waals surface area contributed by atoms with Crippen LogP contribution in [0.15, 0.2) is 24.3 Å². The molecule has 1 aromatic rings. The SMILES string of the molecule is CCN(CCC#N)C(=O)CN1C(=O)NC(C)(c2ccc(F)cc2)C1=O. The molecule has 8 heteroatoms. The second kappa shape index (κ2) is 7.30. The number of carbonyl (C=O) groups is 3. The van der Waals surface area contributed by atoms with Crippen LogP contribution >= 0.6 is 0 Å². The van der Waals surface area contributed by atoms with E-state index < -0.39 is 35.7 Å². The monoisotopic (exact) mass is 346 g/mol. The molecule has 2 rings (SSSR count). The van der Waals surface area contributed by atoms with Crippen molar-refractivity contribution in [1.82, 2.24) is 15.1 Å². The average Bonchev–Trinajstić information content (AvgIpc) is 2.80. The Morgan fingerprint density at radius 1 is 1.36 bits per heavy atom. The molecule has 1 aromatic carbocycles. The van der Waals surface area contributed by atoms with E-state index in [1.807, 2.05) is 6.07 Å². The molecule has 0 aromatic heterocycles. The minimum Gasteiger partial charge on any atom is -0.340 e. The lowest BCUT2D eigenvalue weighted by molar-refractivity contribution is -0.138. The molecule has 1 atom stereocenters. The van der Waals surface area contributed by atoms with Crippen molar-refractivity contribution in [3.8, 4) is 6.07 Å². The Morgan fingerprint density at radius 2 is 2.00 bits per heavy atom. The van der Waals surface area contributed by atoms with Crippen LogP contribution in [0.2, 0.25) is 0 Å². The van der Waals surface area contributed by atoms with E-state index in [1.165, 1.54) is 36.1 Å². The molecule has 0 radical (unpaired) electrons. The van der Waals surface area contributed by atoms with Crippen molar-refractivity contribution in [2.75, 3.05) is 19.6 Å². The van der Waals surface area contributed by atoms with Crippen molar-refractivity contribution in [3.63, 3.8) is 0 Å². The van der Waals surface area contributed by atoms with E-state index in [-0.39, 0.29) is 13.0 Å². The number of rotatable bonds is 6. The largest absolute Gasteiger partial charge is 0.340 e. The summed E-state index contributed by atoms with van der Waals surface area (Å²) in [6, 6.07) is 6.52. The third-order valence-corrected chi connectivity index (χ3v) is 4.22. The average molecular weight is 346 g/mol. The van der Waals surface area contributed by atoms with Gasteiger partial charge in [-0.3, -0.25) is 14.5 Å². The molecular formula is C17H19FN4O3. The fourth-order valence-electron chi connectivity index (χ4n) is 2.70. The van der Waals surface area contributed by atoms with Gasteiger partial charge in [0.1, 0.15) is 17.9 Å². The van der Waals surface area contributed by atoms with Gasteiger partial charge in [0.05, 0.1) is 12.5 Å². The van der Waals surface area contributed by atoms with Crippen molar-refractivity contribution >= 4 is 17.8 Å². The van der Waals surface area contributed by atoms with Crippen LogP contribution in [0.4, 0.5) is 9.18 Å².